The van der Waals surface area contributed by atoms with E-state index in [0.29, 0.717) is 11.5 Å². The van der Waals surface area contributed by atoms with Crippen LogP contribution in [-0.2, 0) is 0 Å². The molecule has 0 atom stereocenters. The Bertz CT molecular complexity index is 663. The molecule has 0 spiro atoms. The number of benzene rings is 1. The second-order valence-electron chi connectivity index (χ2n) is 5.37. The molecule has 2 N–H and O–H groups in total. The van der Waals surface area contributed by atoms with E-state index >= 15 is 0 Å². The van der Waals surface area contributed by atoms with Crippen molar-refractivity contribution >= 4 is 16.8 Å². The quantitative estimate of drug-likeness (QED) is 0.894. The van der Waals surface area contributed by atoms with E-state index in [1.165, 1.54) is 0 Å². The van der Waals surface area contributed by atoms with Crippen LogP contribution in [0, 0.1) is 6.92 Å². The molecule has 0 aliphatic heterocycles. The summed E-state index contributed by atoms with van der Waals surface area (Å²) >= 11 is 0. The number of fused-ring (bicyclic) bond motifs is 1. The molecule has 2 aromatic rings. The fraction of sp³-hybridized carbons (Fsp3) is 0.375. The second kappa shape index (κ2) is 5.21. The Morgan fingerprint density at radius 1 is 1.40 bits per heavy atom. The monoisotopic (exact) mass is 270 g/mol. The van der Waals surface area contributed by atoms with Gasteiger partial charge in [0.25, 0.3) is 5.91 Å². The molecule has 104 valence electrons. The zero-order valence-corrected chi connectivity index (χ0v) is 11.5. The van der Waals surface area contributed by atoms with Crippen LogP contribution in [0.4, 0.5) is 0 Å². The zero-order chi connectivity index (χ0) is 14.1. The van der Waals surface area contributed by atoms with Crippen LogP contribution in [0.3, 0.4) is 0 Å². The molecule has 4 nitrogen and oxygen atoms in total. The van der Waals surface area contributed by atoms with Crippen LogP contribution in [0.1, 0.15) is 40.4 Å². The third-order valence-corrected chi connectivity index (χ3v) is 3.62. The molecule has 4 heteroatoms. The molecule has 1 aromatic heterocycles. The van der Waals surface area contributed by atoms with Crippen LogP contribution < -0.4 is 5.32 Å². The molecule has 3 rings (SSSR count). The summed E-state index contributed by atoms with van der Waals surface area (Å²) in [7, 11) is 0. The summed E-state index contributed by atoms with van der Waals surface area (Å²) in [6.07, 6.45) is 2.31. The lowest BCUT2D eigenvalue weighted by molar-refractivity contribution is 0.0946. The highest BCUT2D eigenvalue weighted by atomic mass is 16.3. The molecule has 1 amide bonds. The fourth-order valence-electron chi connectivity index (χ4n) is 2.40. The third kappa shape index (κ3) is 2.51. The lowest BCUT2D eigenvalue weighted by atomic mass is 10.0. The number of rotatable bonds is 4. The van der Waals surface area contributed by atoms with Crippen molar-refractivity contribution in [3.05, 3.63) is 41.1 Å². The lowest BCUT2D eigenvalue weighted by Crippen LogP contribution is -2.26. The maximum absolute atomic E-state index is 12.3. The Morgan fingerprint density at radius 3 is 2.90 bits per heavy atom. The Hall–Kier alpha value is -1.94. The van der Waals surface area contributed by atoms with Gasteiger partial charge in [-0.2, -0.15) is 0 Å². The van der Waals surface area contributed by atoms with Crippen molar-refractivity contribution < 1.29 is 9.90 Å². The van der Waals surface area contributed by atoms with Gasteiger partial charge in [-0.15, -0.1) is 0 Å². The summed E-state index contributed by atoms with van der Waals surface area (Å²) in [5.74, 6) is 0.365. The second-order valence-corrected chi connectivity index (χ2v) is 5.37. The minimum absolute atomic E-state index is 0.0523. The summed E-state index contributed by atoms with van der Waals surface area (Å²) in [5, 5.41) is 12.5. The maximum Gasteiger partial charge on any atom is 0.252 e. The van der Waals surface area contributed by atoms with Gasteiger partial charge in [0.05, 0.1) is 17.7 Å². The van der Waals surface area contributed by atoms with Gasteiger partial charge in [0.1, 0.15) is 0 Å². The normalized spacial score (nSPS) is 14.5. The van der Waals surface area contributed by atoms with Gasteiger partial charge in [-0.05, 0) is 38.0 Å². The van der Waals surface area contributed by atoms with Crippen LogP contribution >= 0.6 is 0 Å². The number of hydrogen-bond acceptors (Lipinski definition) is 3. The van der Waals surface area contributed by atoms with Gasteiger partial charge in [-0.3, -0.25) is 9.78 Å². The summed E-state index contributed by atoms with van der Waals surface area (Å²) in [6, 6.07) is 7.89. The average molecular weight is 270 g/mol. The number of aliphatic hydroxyl groups is 1. The molecule has 1 saturated carbocycles. The first-order valence-corrected chi connectivity index (χ1v) is 6.99. The van der Waals surface area contributed by atoms with Gasteiger partial charge >= 0.3 is 0 Å². The molecule has 1 aliphatic carbocycles. The number of carbonyl (C=O) groups excluding carboxylic acids is 1. The topological polar surface area (TPSA) is 62.2 Å². The van der Waals surface area contributed by atoms with Gasteiger partial charge in [0.2, 0.25) is 0 Å². The molecule has 1 fully saturated rings. The van der Waals surface area contributed by atoms with E-state index in [4.69, 9.17) is 5.11 Å². The molecular weight excluding hydrogens is 252 g/mol. The van der Waals surface area contributed by atoms with E-state index in [1.54, 1.807) is 0 Å². The standard InChI is InChI=1S/C16H18N2O2/c1-10-2-5-14-12(8-10)13(16(20)17-6-7-19)9-15(18-14)11-3-4-11/h2,5,8-9,11,19H,3-4,6-7H2,1H3,(H,17,20). The number of aliphatic hydroxyl groups excluding tert-OH is 1. The molecule has 0 bridgehead atoms. The Kier molecular flexibility index (Phi) is 3.40. The fourth-order valence-corrected chi connectivity index (χ4v) is 2.40. The van der Waals surface area contributed by atoms with E-state index in [-0.39, 0.29) is 19.1 Å². The van der Waals surface area contributed by atoms with Crippen LogP contribution in [0.15, 0.2) is 24.3 Å². The lowest BCUT2D eigenvalue weighted by Gasteiger charge is -2.10. The number of amides is 1. The average Bonchev–Trinajstić information content (AvgIpc) is 3.28. The first-order valence-electron chi connectivity index (χ1n) is 6.99. The van der Waals surface area contributed by atoms with E-state index in [0.717, 1.165) is 35.0 Å². The van der Waals surface area contributed by atoms with Crippen molar-refractivity contribution in [3.8, 4) is 0 Å². The van der Waals surface area contributed by atoms with E-state index in [9.17, 15) is 4.79 Å². The summed E-state index contributed by atoms with van der Waals surface area (Å²) < 4.78 is 0. The minimum Gasteiger partial charge on any atom is -0.395 e. The SMILES string of the molecule is Cc1ccc2nc(C3CC3)cc(C(=O)NCCO)c2c1. The van der Waals surface area contributed by atoms with Crippen molar-refractivity contribution in [3.63, 3.8) is 0 Å². The largest absolute Gasteiger partial charge is 0.395 e. The summed E-state index contributed by atoms with van der Waals surface area (Å²) in [4.78, 5) is 16.9. The molecule has 0 radical (unpaired) electrons. The first-order chi connectivity index (χ1) is 9.69. The summed E-state index contributed by atoms with van der Waals surface area (Å²) in [5.41, 5.74) is 3.65. The number of carbonyl (C=O) groups is 1. The third-order valence-electron chi connectivity index (χ3n) is 3.62. The van der Waals surface area contributed by atoms with Gasteiger partial charge in [0, 0.05) is 23.5 Å². The highest BCUT2D eigenvalue weighted by molar-refractivity contribution is 6.06. The Balaban J connectivity index is 2.10. The highest BCUT2D eigenvalue weighted by Crippen LogP contribution is 2.40. The molecule has 0 saturated heterocycles. The van der Waals surface area contributed by atoms with Crippen LogP contribution in [0.5, 0.6) is 0 Å². The highest BCUT2D eigenvalue weighted by Gasteiger charge is 2.26. The van der Waals surface area contributed by atoms with Gasteiger partial charge in [-0.1, -0.05) is 11.6 Å². The van der Waals surface area contributed by atoms with E-state index in [2.05, 4.69) is 10.3 Å². The van der Waals surface area contributed by atoms with Crippen molar-refractivity contribution in [2.75, 3.05) is 13.2 Å². The van der Waals surface area contributed by atoms with Gasteiger partial charge in [0.15, 0.2) is 0 Å². The van der Waals surface area contributed by atoms with Crippen molar-refractivity contribution in [2.24, 2.45) is 0 Å². The molecule has 1 aliphatic rings. The number of pyridine rings is 1. The van der Waals surface area contributed by atoms with Crippen LogP contribution in [-0.4, -0.2) is 29.1 Å². The van der Waals surface area contributed by atoms with Crippen LogP contribution in [0.2, 0.25) is 0 Å². The van der Waals surface area contributed by atoms with Crippen LogP contribution in [0.25, 0.3) is 10.9 Å². The number of aryl methyl sites for hydroxylation is 1. The van der Waals surface area contributed by atoms with Crippen molar-refractivity contribution in [2.45, 2.75) is 25.7 Å². The Morgan fingerprint density at radius 2 is 2.20 bits per heavy atom. The number of hydrogen-bond donors (Lipinski definition) is 2. The number of nitrogens with zero attached hydrogens (tertiary/aromatic N) is 1. The first kappa shape index (κ1) is 13.1. The van der Waals surface area contributed by atoms with Gasteiger partial charge in [-0.25, -0.2) is 0 Å². The zero-order valence-electron chi connectivity index (χ0n) is 11.5. The minimum atomic E-state index is -0.140. The predicted molar refractivity (Wildman–Crippen MR) is 77.9 cm³/mol. The van der Waals surface area contributed by atoms with Crippen molar-refractivity contribution in [1.82, 2.24) is 10.3 Å². The molecule has 0 unspecified atom stereocenters. The predicted octanol–water partition coefficient (Wildman–Crippen LogP) is 2.14. The van der Waals surface area contributed by atoms with E-state index < -0.39 is 0 Å². The molecule has 1 heterocycles. The number of nitrogens with one attached hydrogen (secondary N) is 1. The molecule has 20 heavy (non-hydrogen) atoms. The molecular formula is C16H18N2O2. The molecule has 1 aromatic carbocycles. The number of aromatic nitrogens is 1. The maximum atomic E-state index is 12.3. The Labute approximate surface area is 117 Å². The smallest absolute Gasteiger partial charge is 0.252 e. The van der Waals surface area contributed by atoms with E-state index in [1.807, 2.05) is 31.2 Å². The van der Waals surface area contributed by atoms with Gasteiger partial charge < -0.3 is 10.4 Å². The summed E-state index contributed by atoms with van der Waals surface area (Å²) in [6.45, 7) is 2.22. The van der Waals surface area contributed by atoms with Crippen molar-refractivity contribution in [1.29, 1.82) is 0 Å².